The number of anilines is 1. The van der Waals surface area contributed by atoms with Gasteiger partial charge in [0, 0.05) is 7.05 Å². The minimum Gasteiger partial charge on any atom is -0.317 e. The highest BCUT2D eigenvalue weighted by Crippen LogP contribution is 2.18. The molecule has 2 rings (SSSR count). The number of H-pyrrole nitrogens is 1. The van der Waals surface area contributed by atoms with Crippen LogP contribution in [-0.2, 0) is 7.05 Å². The summed E-state index contributed by atoms with van der Waals surface area (Å²) in [6, 6.07) is 0. The Morgan fingerprint density at radius 2 is 2.24 bits per heavy atom. The Bertz CT molecular complexity index is 532. The Kier molecular flexibility index (Phi) is 3.18. The van der Waals surface area contributed by atoms with Gasteiger partial charge in [-0.3, -0.25) is 14.6 Å². The van der Waals surface area contributed by atoms with Crippen molar-refractivity contribution in [3.05, 3.63) is 26.8 Å². The van der Waals surface area contributed by atoms with Crippen LogP contribution in [0, 0.1) is 17.4 Å². The Labute approximate surface area is 112 Å². The van der Waals surface area contributed by atoms with Crippen molar-refractivity contribution in [1.29, 1.82) is 0 Å². The Balaban J connectivity index is 2.29. The summed E-state index contributed by atoms with van der Waals surface area (Å²) in [6.07, 6.45) is 1.66. The van der Waals surface area contributed by atoms with Crippen molar-refractivity contribution in [3.8, 4) is 0 Å². The summed E-state index contributed by atoms with van der Waals surface area (Å²) in [5.74, 6) is -0.179. The van der Waals surface area contributed by atoms with E-state index in [1.54, 1.807) is 17.9 Å². The highest BCUT2D eigenvalue weighted by Gasteiger charge is 2.17. The molecular weight excluding hydrogens is 333 g/mol. The number of hydrogen-bond donors (Lipinski definition) is 2. The number of carbonyl (C=O) groups excluding carboxylic acids is 1. The maximum absolute atomic E-state index is 12.1. The SMILES string of the molecule is Cc1n[nH]c(C)c1NC(=O)c1c(I)cnn1C. The molecule has 2 aromatic rings. The van der Waals surface area contributed by atoms with E-state index in [1.807, 2.05) is 13.8 Å². The monoisotopic (exact) mass is 345 g/mol. The van der Waals surface area contributed by atoms with Gasteiger partial charge >= 0.3 is 0 Å². The molecular formula is C10H12IN5O. The second-order valence-corrected chi connectivity index (χ2v) is 4.89. The number of rotatable bonds is 2. The molecule has 1 amide bonds. The van der Waals surface area contributed by atoms with E-state index in [1.165, 1.54) is 0 Å². The molecule has 0 aromatic carbocycles. The van der Waals surface area contributed by atoms with Gasteiger partial charge in [0.1, 0.15) is 5.69 Å². The van der Waals surface area contributed by atoms with Gasteiger partial charge in [-0.05, 0) is 36.4 Å². The van der Waals surface area contributed by atoms with Crippen LogP contribution in [0.25, 0.3) is 0 Å². The van der Waals surface area contributed by atoms with Gasteiger partial charge in [-0.2, -0.15) is 10.2 Å². The molecule has 90 valence electrons. The Morgan fingerprint density at radius 3 is 2.71 bits per heavy atom. The number of nitrogens with zero attached hydrogens (tertiary/aromatic N) is 3. The largest absolute Gasteiger partial charge is 0.317 e. The van der Waals surface area contributed by atoms with Crippen molar-refractivity contribution >= 4 is 34.2 Å². The molecule has 2 heterocycles. The lowest BCUT2D eigenvalue weighted by molar-refractivity contribution is 0.101. The highest BCUT2D eigenvalue weighted by atomic mass is 127. The van der Waals surface area contributed by atoms with Gasteiger partial charge < -0.3 is 5.32 Å². The summed E-state index contributed by atoms with van der Waals surface area (Å²) in [4.78, 5) is 12.1. The minimum absolute atomic E-state index is 0.179. The van der Waals surface area contributed by atoms with Crippen LogP contribution in [0.15, 0.2) is 6.20 Å². The van der Waals surface area contributed by atoms with Crippen LogP contribution in [0.5, 0.6) is 0 Å². The number of hydrogen-bond acceptors (Lipinski definition) is 3. The number of aromatic amines is 1. The van der Waals surface area contributed by atoms with Gasteiger partial charge in [0.15, 0.2) is 0 Å². The third kappa shape index (κ3) is 2.19. The highest BCUT2D eigenvalue weighted by molar-refractivity contribution is 14.1. The van der Waals surface area contributed by atoms with Crippen molar-refractivity contribution in [3.63, 3.8) is 0 Å². The van der Waals surface area contributed by atoms with Crippen LogP contribution in [0.4, 0.5) is 5.69 Å². The van der Waals surface area contributed by atoms with Gasteiger partial charge in [-0.15, -0.1) is 0 Å². The van der Waals surface area contributed by atoms with Crippen LogP contribution >= 0.6 is 22.6 Å². The molecule has 0 saturated heterocycles. The molecule has 0 bridgehead atoms. The summed E-state index contributed by atoms with van der Waals surface area (Å²) in [5.41, 5.74) is 2.89. The molecule has 17 heavy (non-hydrogen) atoms. The fraction of sp³-hybridized carbons (Fsp3) is 0.300. The first-order valence-electron chi connectivity index (χ1n) is 5.01. The molecule has 2 N–H and O–H groups in total. The maximum Gasteiger partial charge on any atom is 0.275 e. The number of aryl methyl sites for hydroxylation is 3. The van der Waals surface area contributed by atoms with Gasteiger partial charge in [0.25, 0.3) is 5.91 Å². The molecule has 0 atom stereocenters. The average molecular weight is 345 g/mol. The topological polar surface area (TPSA) is 75.6 Å². The van der Waals surface area contributed by atoms with Crippen LogP contribution < -0.4 is 5.32 Å². The Hall–Kier alpha value is -1.38. The molecule has 6 nitrogen and oxygen atoms in total. The molecule has 0 aliphatic rings. The number of aromatic nitrogens is 4. The van der Waals surface area contributed by atoms with Crippen molar-refractivity contribution in [2.24, 2.45) is 7.05 Å². The lowest BCUT2D eigenvalue weighted by Crippen LogP contribution is -2.18. The summed E-state index contributed by atoms with van der Waals surface area (Å²) in [5, 5.41) is 13.7. The zero-order valence-electron chi connectivity index (χ0n) is 9.71. The zero-order chi connectivity index (χ0) is 12.6. The fourth-order valence-electron chi connectivity index (χ4n) is 1.57. The van der Waals surface area contributed by atoms with E-state index in [9.17, 15) is 4.79 Å². The smallest absolute Gasteiger partial charge is 0.275 e. The van der Waals surface area contributed by atoms with Gasteiger partial charge in [-0.1, -0.05) is 0 Å². The molecule has 0 fully saturated rings. The first kappa shape index (κ1) is 12.1. The van der Waals surface area contributed by atoms with Crippen molar-refractivity contribution in [2.75, 3.05) is 5.32 Å². The molecule has 0 spiro atoms. The van der Waals surface area contributed by atoms with Crippen LogP contribution in [-0.4, -0.2) is 25.9 Å². The molecule has 7 heteroatoms. The van der Waals surface area contributed by atoms with E-state index in [4.69, 9.17) is 0 Å². The lowest BCUT2D eigenvalue weighted by atomic mass is 10.3. The summed E-state index contributed by atoms with van der Waals surface area (Å²) < 4.78 is 2.38. The van der Waals surface area contributed by atoms with E-state index >= 15 is 0 Å². The number of nitrogens with one attached hydrogen (secondary N) is 2. The van der Waals surface area contributed by atoms with Crippen molar-refractivity contribution in [1.82, 2.24) is 20.0 Å². The predicted octanol–water partition coefficient (Wildman–Crippen LogP) is 1.62. The van der Waals surface area contributed by atoms with Crippen LogP contribution in [0.3, 0.4) is 0 Å². The molecule has 0 radical (unpaired) electrons. The van der Waals surface area contributed by atoms with Gasteiger partial charge in [0.2, 0.25) is 0 Å². The van der Waals surface area contributed by atoms with Crippen molar-refractivity contribution < 1.29 is 4.79 Å². The zero-order valence-corrected chi connectivity index (χ0v) is 11.9. The summed E-state index contributed by atoms with van der Waals surface area (Å²) in [6.45, 7) is 3.71. The van der Waals surface area contributed by atoms with E-state index in [0.717, 1.165) is 20.6 Å². The normalized spacial score (nSPS) is 10.6. The molecule has 0 unspecified atom stereocenters. The van der Waals surface area contributed by atoms with Crippen LogP contribution in [0.2, 0.25) is 0 Å². The molecule has 2 aromatic heterocycles. The fourth-order valence-corrected chi connectivity index (χ4v) is 2.29. The van der Waals surface area contributed by atoms with Crippen LogP contribution in [0.1, 0.15) is 21.9 Å². The first-order valence-corrected chi connectivity index (χ1v) is 6.09. The van der Waals surface area contributed by atoms with E-state index < -0.39 is 0 Å². The second kappa shape index (κ2) is 4.47. The maximum atomic E-state index is 12.1. The molecule has 0 aliphatic carbocycles. The predicted molar refractivity (Wildman–Crippen MR) is 71.9 cm³/mol. The Morgan fingerprint density at radius 1 is 1.53 bits per heavy atom. The second-order valence-electron chi connectivity index (χ2n) is 3.73. The van der Waals surface area contributed by atoms with E-state index in [-0.39, 0.29) is 5.91 Å². The quantitative estimate of drug-likeness (QED) is 0.813. The minimum atomic E-state index is -0.179. The average Bonchev–Trinajstić information content (AvgIpc) is 2.75. The standard InChI is InChI=1S/C10H12IN5O/c1-5-8(6(2)15-14-5)13-10(17)9-7(11)4-12-16(9)3/h4H,1-3H3,(H,13,17)(H,14,15). The van der Waals surface area contributed by atoms with Gasteiger partial charge in [-0.25, -0.2) is 0 Å². The molecule has 0 saturated carbocycles. The lowest BCUT2D eigenvalue weighted by Gasteiger charge is -2.05. The first-order chi connectivity index (χ1) is 8.00. The van der Waals surface area contributed by atoms with Gasteiger partial charge in [0.05, 0.1) is 26.8 Å². The van der Waals surface area contributed by atoms with E-state index in [0.29, 0.717) is 5.69 Å². The number of amides is 1. The summed E-state index contributed by atoms with van der Waals surface area (Å²) >= 11 is 2.09. The number of halogens is 1. The molecule has 0 aliphatic heterocycles. The number of carbonyl (C=O) groups is 1. The van der Waals surface area contributed by atoms with E-state index in [2.05, 4.69) is 43.2 Å². The summed E-state index contributed by atoms with van der Waals surface area (Å²) in [7, 11) is 1.74. The van der Waals surface area contributed by atoms with Crippen molar-refractivity contribution in [2.45, 2.75) is 13.8 Å². The third-order valence-electron chi connectivity index (χ3n) is 2.48. The third-order valence-corrected chi connectivity index (χ3v) is 3.27.